The highest BCUT2D eigenvalue weighted by molar-refractivity contribution is 7.87. The fraction of sp³-hybridized carbons (Fsp3) is 0.395. The monoisotopic (exact) mass is 1170 g/mol. The molecule has 0 bridgehead atoms. The first-order valence-electron chi connectivity index (χ1n) is 20.1. The number of amides is 6. The van der Waals surface area contributed by atoms with E-state index in [1.807, 2.05) is 0 Å². The molecule has 0 saturated carbocycles. The first kappa shape index (κ1) is 67.0. The molecule has 428 valence electrons. The molecule has 39 heteroatoms. The van der Waals surface area contributed by atoms with Gasteiger partial charge in [-0.1, -0.05) is 0 Å². The number of hydrogen-bond donors (Lipinski definition) is 8. The van der Waals surface area contributed by atoms with Gasteiger partial charge in [-0.25, -0.2) is 17.6 Å². The lowest BCUT2D eigenvalue weighted by atomic mass is 10.0. The average molecular weight is 1170 g/mol. The summed E-state index contributed by atoms with van der Waals surface area (Å²) >= 11 is 0. The summed E-state index contributed by atoms with van der Waals surface area (Å²) in [5, 5.41) is 68.4. The summed E-state index contributed by atoms with van der Waals surface area (Å²) < 4.78 is 155. The zero-order chi connectivity index (χ0) is 58.6. The lowest BCUT2D eigenvalue weighted by molar-refractivity contribution is -0.173. The number of imide groups is 3. The molecule has 3 atom stereocenters. The summed E-state index contributed by atoms with van der Waals surface area (Å²) in [6.07, 6.45) is -3.54. The highest BCUT2D eigenvalue weighted by Crippen LogP contribution is 2.36. The van der Waals surface area contributed by atoms with Gasteiger partial charge in [-0.05, 0) is 13.3 Å². The minimum absolute atomic E-state index is 0. The average Bonchev–Trinajstić information content (AvgIpc) is 3.82. The number of halogens is 8. The van der Waals surface area contributed by atoms with Crippen molar-refractivity contribution in [1.82, 2.24) is 15.2 Å². The molecular weight excluding hydrogens is 1130 g/mol. The van der Waals surface area contributed by atoms with Gasteiger partial charge in [-0.15, -0.1) is 18.7 Å². The van der Waals surface area contributed by atoms with Gasteiger partial charge in [0.15, 0.2) is 44.6 Å². The molecule has 3 aliphatic rings. The molecule has 8 N–H and O–H groups in total. The molecule has 3 heterocycles. The highest BCUT2D eigenvalue weighted by atomic mass is 32.2. The predicted octanol–water partition coefficient (Wildman–Crippen LogP) is 0.0173. The van der Waals surface area contributed by atoms with Crippen LogP contribution in [0.25, 0.3) is 0 Å². The molecule has 3 fully saturated rings. The Labute approximate surface area is 422 Å². The van der Waals surface area contributed by atoms with Gasteiger partial charge in [0.25, 0.3) is 41.9 Å². The molecule has 29 nitrogen and oxygen atoms in total. The van der Waals surface area contributed by atoms with Crippen molar-refractivity contribution in [2.45, 2.75) is 68.1 Å². The molecule has 3 aliphatic heterocycles. The number of aliphatic carboxylic acids is 4. The van der Waals surface area contributed by atoms with E-state index in [1.54, 1.807) is 0 Å². The molecule has 0 spiro atoms. The van der Waals surface area contributed by atoms with Crippen LogP contribution in [0.2, 0.25) is 0 Å². The lowest BCUT2D eigenvalue weighted by Crippen LogP contribution is -2.34. The number of aliphatic hydroxyl groups excluding tert-OH is 1. The van der Waals surface area contributed by atoms with E-state index in [0.29, 0.717) is 0 Å². The quantitative estimate of drug-likeness (QED) is 0.0302. The van der Waals surface area contributed by atoms with E-state index in [9.17, 15) is 105 Å². The normalized spacial score (nSPS) is 17.2. The highest BCUT2D eigenvalue weighted by Gasteiger charge is 2.47. The molecule has 2 aromatic carbocycles. The van der Waals surface area contributed by atoms with E-state index >= 15 is 0 Å². The molecule has 0 aromatic heterocycles. The third-order valence-electron chi connectivity index (χ3n) is 9.78. The van der Waals surface area contributed by atoms with Crippen molar-refractivity contribution in [1.29, 1.82) is 0 Å². The van der Waals surface area contributed by atoms with Gasteiger partial charge in [-0.2, -0.15) is 35.1 Å². The van der Waals surface area contributed by atoms with E-state index in [4.69, 9.17) is 35.8 Å². The van der Waals surface area contributed by atoms with E-state index in [2.05, 4.69) is 13.3 Å². The summed E-state index contributed by atoms with van der Waals surface area (Å²) in [6, 6.07) is 0. The summed E-state index contributed by atoms with van der Waals surface area (Å²) in [4.78, 5) is 115. The van der Waals surface area contributed by atoms with Crippen molar-refractivity contribution in [2.75, 3.05) is 13.2 Å². The number of benzene rings is 2. The Morgan fingerprint density at radius 2 is 0.961 bits per heavy atom. The number of carbonyl (C=O) groups excluding carboxylic acids is 7. The fourth-order valence-corrected chi connectivity index (χ4v) is 8.36. The first-order chi connectivity index (χ1) is 35.0. The number of phenols is 2. The molecule has 5 rings (SSSR count). The SMILES string of the molecule is Cc1c(O)c(F)c(F)c(S(=O)(=O)ON2C(=O)CC(CCO)C2=O)c1F.F.O=C(O)CC1CC(=O)N(O)C1=O.O=C(O)CC1CC(=O)N(OS(=O)(=O)c2c(F)c(F)c(O)c(F)c2F)C1=O.O=COCC(CC(=O)O)CC(=O)O. The Balaban J connectivity index is 0.000000540. The Morgan fingerprint density at radius 3 is 1.32 bits per heavy atom. The molecular formula is C38H37F8N3O26S2. The third-order valence-corrected chi connectivity index (χ3v) is 12.2. The second kappa shape index (κ2) is 27.7. The van der Waals surface area contributed by atoms with Crippen molar-refractivity contribution < 1.29 is 159 Å². The summed E-state index contributed by atoms with van der Waals surface area (Å²) in [7, 11) is -11.2. The van der Waals surface area contributed by atoms with Crippen LogP contribution in [-0.2, 0) is 86.3 Å². The number of hydrogen-bond acceptors (Lipinski definition) is 22. The van der Waals surface area contributed by atoms with Crippen LogP contribution >= 0.6 is 0 Å². The summed E-state index contributed by atoms with van der Waals surface area (Å²) in [5.74, 6) is -35.3. The number of phenolic OH excluding ortho intramolecular Hbond substituents is 2. The second-order valence-corrected chi connectivity index (χ2v) is 18.2. The number of nitrogens with zero attached hydrogens (tertiary/aromatic N) is 3. The summed E-state index contributed by atoms with van der Waals surface area (Å²) in [5.41, 5.74) is -0.904. The zero-order valence-corrected chi connectivity index (χ0v) is 39.7. The van der Waals surface area contributed by atoms with Crippen molar-refractivity contribution in [3.63, 3.8) is 0 Å². The van der Waals surface area contributed by atoms with Crippen molar-refractivity contribution in [3.8, 4) is 11.5 Å². The van der Waals surface area contributed by atoms with E-state index in [-0.39, 0.29) is 53.6 Å². The molecule has 77 heavy (non-hydrogen) atoms. The Bertz CT molecular complexity index is 2870. The van der Waals surface area contributed by atoms with Crippen LogP contribution in [0, 0.1) is 71.3 Å². The number of aliphatic hydroxyl groups is 1. The van der Waals surface area contributed by atoms with Crippen molar-refractivity contribution in [2.24, 2.45) is 23.7 Å². The van der Waals surface area contributed by atoms with Gasteiger partial charge in [0, 0.05) is 37.4 Å². The minimum Gasteiger partial charge on any atom is -0.504 e. The standard InChI is InChI=1S/C13H12F3NO7S.C12H7F4NO8S.C7H10O6.C6H7NO5.FH/c1-5-8(14)12(10(16)9(15)11(5)20)25(22,23)24-17-7(19)4-6(2-3-18)13(17)21;13-6-8(15)11(9(16)7(14)10(6)21)26(23,24)25-17-4(18)1-3(12(17)22)2-5(19)20;8-4-13-3-5(1-6(9)10)2-7(11)12;8-4-1-3(2-5(9)10)6(11)7(4)12;/h6,18,20H,2-4H2,1H3;3,21H,1-2H2,(H,19,20);4-5H,1-3H2,(H,9,10)(H,11,12);3,12H,1-2H2,(H,9,10);1H. The van der Waals surface area contributed by atoms with Crippen molar-refractivity contribution in [3.05, 3.63) is 46.3 Å². The Kier molecular flexibility index (Phi) is 24.1. The molecule has 3 unspecified atom stereocenters. The fourth-order valence-electron chi connectivity index (χ4n) is 6.21. The number of carboxylic acids is 4. The number of ether oxygens (including phenoxy) is 1. The largest absolute Gasteiger partial charge is 0.504 e. The van der Waals surface area contributed by atoms with Crippen LogP contribution < -0.4 is 0 Å². The topological polar surface area (TPSA) is 455 Å². The van der Waals surface area contributed by atoms with Crippen LogP contribution in [-0.4, -0.2) is 152 Å². The first-order valence-corrected chi connectivity index (χ1v) is 22.9. The number of carboxylic acid groups (broad SMARTS) is 4. The smallest absolute Gasteiger partial charge is 0.324 e. The predicted molar refractivity (Wildman–Crippen MR) is 218 cm³/mol. The molecule has 2 aromatic rings. The van der Waals surface area contributed by atoms with Crippen LogP contribution in [0.1, 0.15) is 56.9 Å². The second-order valence-electron chi connectivity index (χ2n) is 15.2. The van der Waals surface area contributed by atoms with Gasteiger partial charge >= 0.3 is 44.1 Å². The molecule has 0 radical (unpaired) electrons. The zero-order valence-electron chi connectivity index (χ0n) is 38.1. The van der Waals surface area contributed by atoms with Crippen molar-refractivity contribution >= 4 is 86.0 Å². The maximum atomic E-state index is 14.0. The van der Waals surface area contributed by atoms with Gasteiger partial charge in [0.05, 0.1) is 50.0 Å². The summed E-state index contributed by atoms with van der Waals surface area (Å²) in [6.45, 7) is 0.310. The van der Waals surface area contributed by atoms with Gasteiger partial charge in [0.2, 0.25) is 17.5 Å². The van der Waals surface area contributed by atoms with Crippen LogP contribution in [0.15, 0.2) is 9.79 Å². The number of hydroxylamine groups is 6. The van der Waals surface area contributed by atoms with Gasteiger partial charge in [0.1, 0.15) is 0 Å². The van der Waals surface area contributed by atoms with E-state index in [0.717, 1.165) is 6.92 Å². The number of carbonyl (C=O) groups is 11. The number of aromatic hydroxyl groups is 2. The van der Waals surface area contributed by atoms with Crippen LogP contribution in [0.3, 0.4) is 0 Å². The van der Waals surface area contributed by atoms with Gasteiger partial charge < -0.3 is 40.5 Å². The van der Waals surface area contributed by atoms with Crippen LogP contribution in [0.5, 0.6) is 11.5 Å². The maximum Gasteiger partial charge on any atom is 0.324 e. The van der Waals surface area contributed by atoms with E-state index in [1.165, 1.54) is 0 Å². The third kappa shape index (κ3) is 16.7. The van der Waals surface area contributed by atoms with Gasteiger partial charge in [-0.3, -0.25) is 62.7 Å². The Morgan fingerprint density at radius 1 is 0.597 bits per heavy atom. The molecule has 3 saturated heterocycles. The molecule has 0 aliphatic carbocycles. The van der Waals surface area contributed by atoms with Crippen LogP contribution in [0.4, 0.5) is 35.4 Å². The molecule has 6 amide bonds. The Hall–Kier alpha value is -8.01. The maximum absolute atomic E-state index is 14.0. The number of rotatable bonds is 19. The minimum atomic E-state index is -5.79. The van der Waals surface area contributed by atoms with E-state index < -0.39 is 208 Å². The lowest BCUT2D eigenvalue weighted by Gasteiger charge is -2.16.